The second-order valence-electron chi connectivity index (χ2n) is 6.04. The number of rotatable bonds is 7. The highest BCUT2D eigenvalue weighted by atomic mass is 19.4. The molecule has 1 N–H and O–H groups in total. The number of aliphatic hydroxyl groups excluding tert-OH is 1. The lowest BCUT2D eigenvalue weighted by Crippen LogP contribution is -2.27. The maximum absolute atomic E-state index is 12.7. The fraction of sp³-hybridized carbons (Fsp3) is 0.562. The number of ether oxygens (including phenoxy) is 2. The second-order valence-corrected chi connectivity index (χ2v) is 6.04. The molecular weight excluding hydrogens is 313 g/mol. The largest absolute Gasteiger partial charge is 0.493 e. The summed E-state index contributed by atoms with van der Waals surface area (Å²) in [4.78, 5) is 10.9. The lowest BCUT2D eigenvalue weighted by molar-refractivity contribution is -0.169. The summed E-state index contributed by atoms with van der Waals surface area (Å²) in [6.45, 7) is 5.45. The SMILES string of the molecule is CC(C)(C)OC(O)CCCOc1cc(C(F)(F)F)ccc1C=O. The van der Waals surface area contributed by atoms with Gasteiger partial charge in [0.05, 0.1) is 23.3 Å². The van der Waals surface area contributed by atoms with Crippen LogP contribution >= 0.6 is 0 Å². The van der Waals surface area contributed by atoms with Crippen LogP contribution in [0.25, 0.3) is 0 Å². The molecular formula is C16H21F3O4. The molecule has 0 radical (unpaired) electrons. The monoisotopic (exact) mass is 334 g/mol. The highest BCUT2D eigenvalue weighted by Crippen LogP contribution is 2.32. The summed E-state index contributed by atoms with van der Waals surface area (Å²) in [5, 5.41) is 9.65. The van der Waals surface area contributed by atoms with E-state index in [1.54, 1.807) is 20.8 Å². The number of alkyl halides is 3. The Morgan fingerprint density at radius 3 is 2.43 bits per heavy atom. The predicted octanol–water partition coefficient (Wildman–Crippen LogP) is 3.81. The van der Waals surface area contributed by atoms with Gasteiger partial charge in [0, 0.05) is 6.42 Å². The molecule has 23 heavy (non-hydrogen) atoms. The average molecular weight is 334 g/mol. The molecule has 0 aliphatic carbocycles. The van der Waals surface area contributed by atoms with Crippen molar-refractivity contribution in [2.24, 2.45) is 0 Å². The van der Waals surface area contributed by atoms with Gasteiger partial charge in [-0.3, -0.25) is 4.79 Å². The van der Waals surface area contributed by atoms with Crippen molar-refractivity contribution in [3.05, 3.63) is 29.3 Å². The van der Waals surface area contributed by atoms with E-state index in [1.165, 1.54) is 0 Å². The molecule has 0 aliphatic heterocycles. The Hall–Kier alpha value is -1.60. The van der Waals surface area contributed by atoms with Gasteiger partial charge in [0.1, 0.15) is 5.75 Å². The molecule has 0 aromatic heterocycles. The van der Waals surface area contributed by atoms with E-state index in [2.05, 4.69) is 0 Å². The van der Waals surface area contributed by atoms with Crippen molar-refractivity contribution < 1.29 is 32.5 Å². The quantitative estimate of drug-likeness (QED) is 0.468. The average Bonchev–Trinajstić information content (AvgIpc) is 2.40. The van der Waals surface area contributed by atoms with E-state index >= 15 is 0 Å². The summed E-state index contributed by atoms with van der Waals surface area (Å²) in [7, 11) is 0. The third kappa shape index (κ3) is 7.00. The van der Waals surface area contributed by atoms with Crippen molar-refractivity contribution in [1.29, 1.82) is 0 Å². The standard InChI is InChI=1S/C16H21F3O4/c1-15(2,3)23-14(21)5-4-8-22-13-9-12(16(17,18)19)7-6-11(13)10-20/h6-7,9-10,14,21H,4-5,8H2,1-3H3. The van der Waals surface area contributed by atoms with E-state index in [0.29, 0.717) is 12.7 Å². The van der Waals surface area contributed by atoms with Gasteiger partial charge in [0.2, 0.25) is 0 Å². The number of benzene rings is 1. The van der Waals surface area contributed by atoms with Crippen LogP contribution < -0.4 is 4.74 Å². The van der Waals surface area contributed by atoms with Crippen LogP contribution in [0.3, 0.4) is 0 Å². The van der Waals surface area contributed by atoms with Gasteiger partial charge in [-0.25, -0.2) is 0 Å². The fourth-order valence-corrected chi connectivity index (χ4v) is 1.84. The number of carbonyl (C=O) groups excluding carboxylic acids is 1. The van der Waals surface area contributed by atoms with E-state index in [-0.39, 0.29) is 24.3 Å². The highest BCUT2D eigenvalue weighted by molar-refractivity contribution is 5.79. The third-order valence-corrected chi connectivity index (χ3v) is 2.81. The number of hydrogen-bond donors (Lipinski definition) is 1. The minimum absolute atomic E-state index is 0.0458. The number of aldehydes is 1. The van der Waals surface area contributed by atoms with Crippen LogP contribution in [0.15, 0.2) is 18.2 Å². The Morgan fingerprint density at radius 2 is 1.91 bits per heavy atom. The Morgan fingerprint density at radius 1 is 1.26 bits per heavy atom. The summed E-state index contributed by atoms with van der Waals surface area (Å²) in [5.41, 5.74) is -1.33. The van der Waals surface area contributed by atoms with Crippen LogP contribution in [-0.2, 0) is 10.9 Å². The minimum Gasteiger partial charge on any atom is -0.493 e. The second kappa shape index (κ2) is 7.79. The van der Waals surface area contributed by atoms with Crippen LogP contribution in [0.5, 0.6) is 5.75 Å². The van der Waals surface area contributed by atoms with Crippen molar-refractivity contribution in [3.8, 4) is 5.75 Å². The molecule has 130 valence electrons. The van der Waals surface area contributed by atoms with Crippen molar-refractivity contribution in [3.63, 3.8) is 0 Å². The van der Waals surface area contributed by atoms with Gasteiger partial charge in [0.25, 0.3) is 0 Å². The summed E-state index contributed by atoms with van der Waals surface area (Å²) >= 11 is 0. The maximum Gasteiger partial charge on any atom is 0.416 e. The van der Waals surface area contributed by atoms with E-state index in [0.717, 1.165) is 18.2 Å². The molecule has 7 heteroatoms. The summed E-state index contributed by atoms with van der Waals surface area (Å²) < 4.78 is 48.5. The van der Waals surface area contributed by atoms with Gasteiger partial charge in [0.15, 0.2) is 12.6 Å². The smallest absolute Gasteiger partial charge is 0.416 e. The zero-order chi connectivity index (χ0) is 17.7. The van der Waals surface area contributed by atoms with E-state index < -0.39 is 23.6 Å². The molecule has 0 bridgehead atoms. The Labute approximate surface area is 133 Å². The molecule has 1 aromatic carbocycles. The molecule has 1 aromatic rings. The van der Waals surface area contributed by atoms with Gasteiger partial charge in [-0.2, -0.15) is 13.2 Å². The van der Waals surface area contributed by atoms with E-state index in [9.17, 15) is 23.1 Å². The molecule has 0 amide bonds. The van der Waals surface area contributed by atoms with Crippen LogP contribution in [0, 0.1) is 0 Å². The molecule has 0 saturated carbocycles. The zero-order valence-corrected chi connectivity index (χ0v) is 13.3. The molecule has 1 atom stereocenters. The topological polar surface area (TPSA) is 55.8 Å². The van der Waals surface area contributed by atoms with Gasteiger partial charge in [-0.05, 0) is 45.4 Å². The molecule has 0 spiro atoms. The van der Waals surface area contributed by atoms with Crippen LogP contribution in [-0.4, -0.2) is 29.9 Å². The molecule has 0 fully saturated rings. The van der Waals surface area contributed by atoms with Crippen LogP contribution in [0.2, 0.25) is 0 Å². The molecule has 4 nitrogen and oxygen atoms in total. The molecule has 1 rings (SSSR count). The third-order valence-electron chi connectivity index (χ3n) is 2.81. The van der Waals surface area contributed by atoms with Crippen molar-refractivity contribution in [2.75, 3.05) is 6.61 Å². The predicted molar refractivity (Wildman–Crippen MR) is 78.4 cm³/mol. The van der Waals surface area contributed by atoms with Gasteiger partial charge < -0.3 is 14.6 Å². The summed E-state index contributed by atoms with van der Waals surface area (Å²) in [5.74, 6) is -0.124. The molecule has 0 heterocycles. The first-order valence-electron chi connectivity index (χ1n) is 7.18. The summed E-state index contributed by atoms with van der Waals surface area (Å²) in [6.07, 6.45) is -4.41. The fourth-order valence-electron chi connectivity index (χ4n) is 1.84. The Bertz CT molecular complexity index is 521. The first-order chi connectivity index (χ1) is 10.5. The van der Waals surface area contributed by atoms with Crippen molar-refractivity contribution in [1.82, 2.24) is 0 Å². The first-order valence-corrected chi connectivity index (χ1v) is 7.18. The normalized spacial score (nSPS) is 13.7. The van der Waals surface area contributed by atoms with Crippen LogP contribution in [0.4, 0.5) is 13.2 Å². The van der Waals surface area contributed by atoms with E-state index in [4.69, 9.17) is 9.47 Å². The minimum atomic E-state index is -4.50. The lowest BCUT2D eigenvalue weighted by atomic mass is 10.1. The summed E-state index contributed by atoms with van der Waals surface area (Å²) in [6, 6.07) is 2.70. The number of hydrogen-bond acceptors (Lipinski definition) is 4. The van der Waals surface area contributed by atoms with Gasteiger partial charge in [-0.15, -0.1) is 0 Å². The van der Waals surface area contributed by atoms with Crippen LogP contribution in [0.1, 0.15) is 49.5 Å². The number of halogens is 3. The molecule has 1 unspecified atom stereocenters. The van der Waals surface area contributed by atoms with Crippen molar-refractivity contribution in [2.45, 2.75) is 51.7 Å². The lowest BCUT2D eigenvalue weighted by Gasteiger charge is -2.23. The zero-order valence-electron chi connectivity index (χ0n) is 13.3. The molecule has 0 saturated heterocycles. The maximum atomic E-state index is 12.7. The Balaban J connectivity index is 2.58. The highest BCUT2D eigenvalue weighted by Gasteiger charge is 2.31. The van der Waals surface area contributed by atoms with Crippen molar-refractivity contribution >= 4 is 6.29 Å². The Kier molecular flexibility index (Phi) is 6.58. The first kappa shape index (κ1) is 19.4. The number of carbonyl (C=O) groups is 1. The van der Waals surface area contributed by atoms with Gasteiger partial charge >= 0.3 is 6.18 Å². The van der Waals surface area contributed by atoms with E-state index in [1.807, 2.05) is 0 Å². The number of aliphatic hydroxyl groups is 1. The van der Waals surface area contributed by atoms with Gasteiger partial charge in [-0.1, -0.05) is 0 Å². The molecule has 0 aliphatic rings.